The fourth-order valence-corrected chi connectivity index (χ4v) is 3.00. The number of aliphatic hydroxyl groups is 2. The molecule has 1 saturated heterocycles. The van der Waals surface area contributed by atoms with Crippen LogP contribution in [0.15, 0.2) is 11.1 Å². The van der Waals surface area contributed by atoms with Crippen LogP contribution in [0.5, 0.6) is 0 Å². The number of H-pyrrole nitrogens is 1. The molecule has 1 fully saturated rings. The molecule has 0 amide bonds. The first-order chi connectivity index (χ1) is 9.52. The zero-order valence-electron chi connectivity index (χ0n) is 10.1. The van der Waals surface area contributed by atoms with Gasteiger partial charge in [-0.15, -0.1) is 0 Å². The molecule has 4 atom stereocenters. The Bertz CT molecular complexity index is 701. The molecule has 0 bridgehead atoms. The number of aromatic amines is 1. The number of aliphatic hydroxyl groups excluding tert-OH is 2. The standard InChI is InChI=1S/C10H12N5O4Se/c11-10-13-7-4(8(18)14-10)12-2-15(7)9-6(20)5(17)3(1-16)19-9/h2-3,5-6,9,16-17H,1H2,(H3,11,13,14,18)/t3-,5-,6-,9-/m1/s1. The summed E-state index contributed by atoms with van der Waals surface area (Å²) in [6, 6.07) is 0. The number of ether oxygens (including phenoxy) is 1. The zero-order chi connectivity index (χ0) is 14.4. The van der Waals surface area contributed by atoms with Crippen molar-refractivity contribution in [2.24, 2.45) is 0 Å². The average molecular weight is 345 g/mol. The van der Waals surface area contributed by atoms with Crippen molar-refractivity contribution in [1.29, 1.82) is 0 Å². The number of fused-ring (bicyclic) bond motifs is 1. The first-order valence-electron chi connectivity index (χ1n) is 5.85. The second kappa shape index (κ2) is 4.83. The molecular formula is C10H12N5O4Se. The van der Waals surface area contributed by atoms with E-state index in [1.54, 1.807) is 0 Å². The Hall–Kier alpha value is -1.45. The first kappa shape index (κ1) is 13.5. The van der Waals surface area contributed by atoms with E-state index in [1.165, 1.54) is 10.9 Å². The number of nitrogens with two attached hydrogens (primary N) is 1. The summed E-state index contributed by atoms with van der Waals surface area (Å²) >= 11 is 2.81. The molecule has 0 aromatic carbocycles. The molecule has 5 N–H and O–H groups in total. The van der Waals surface area contributed by atoms with Crippen molar-refractivity contribution in [3.8, 4) is 0 Å². The maximum atomic E-state index is 11.7. The van der Waals surface area contributed by atoms with Gasteiger partial charge in [0.1, 0.15) is 0 Å². The molecule has 2 aromatic rings. The molecule has 1 radical (unpaired) electrons. The molecule has 1 aliphatic heterocycles. The van der Waals surface area contributed by atoms with Crippen molar-refractivity contribution in [2.45, 2.75) is 23.3 Å². The van der Waals surface area contributed by atoms with E-state index in [1.807, 2.05) is 0 Å². The van der Waals surface area contributed by atoms with Crippen LogP contribution in [0, 0.1) is 0 Å². The fraction of sp³-hybridized carbons (Fsp3) is 0.500. The van der Waals surface area contributed by atoms with Gasteiger partial charge in [-0.25, -0.2) is 0 Å². The Labute approximate surface area is 120 Å². The summed E-state index contributed by atoms with van der Waals surface area (Å²) in [4.78, 5) is 21.7. The predicted molar refractivity (Wildman–Crippen MR) is 69.1 cm³/mol. The molecule has 10 heteroatoms. The number of nitrogens with zero attached hydrogens (tertiary/aromatic N) is 3. The van der Waals surface area contributed by atoms with E-state index < -0.39 is 28.8 Å². The Morgan fingerprint density at radius 1 is 1.60 bits per heavy atom. The van der Waals surface area contributed by atoms with Crippen LogP contribution in [-0.2, 0) is 4.74 Å². The van der Waals surface area contributed by atoms with E-state index in [4.69, 9.17) is 15.6 Å². The molecule has 0 aliphatic carbocycles. The molecule has 0 saturated carbocycles. The third kappa shape index (κ3) is 1.93. The summed E-state index contributed by atoms with van der Waals surface area (Å²) in [5.41, 5.74) is 5.48. The molecule has 3 heterocycles. The van der Waals surface area contributed by atoms with E-state index in [2.05, 4.69) is 31.0 Å². The normalized spacial score (nSPS) is 30.1. The fourth-order valence-electron chi connectivity index (χ4n) is 2.22. The molecule has 9 nitrogen and oxygen atoms in total. The maximum absolute atomic E-state index is 11.7. The van der Waals surface area contributed by atoms with E-state index in [9.17, 15) is 9.90 Å². The van der Waals surface area contributed by atoms with Gasteiger partial charge < -0.3 is 0 Å². The van der Waals surface area contributed by atoms with E-state index in [0.29, 0.717) is 0 Å². The van der Waals surface area contributed by atoms with E-state index in [-0.39, 0.29) is 23.7 Å². The third-order valence-electron chi connectivity index (χ3n) is 3.22. The predicted octanol–water partition coefficient (Wildman–Crippen LogP) is -2.09. The monoisotopic (exact) mass is 346 g/mol. The van der Waals surface area contributed by atoms with Gasteiger partial charge >= 0.3 is 120 Å². The number of nitrogen functional groups attached to an aromatic ring is 1. The first-order valence-corrected chi connectivity index (χ1v) is 6.84. The average Bonchev–Trinajstić information content (AvgIpc) is 2.93. The topological polar surface area (TPSA) is 139 Å². The van der Waals surface area contributed by atoms with Crippen LogP contribution in [0.2, 0.25) is 4.82 Å². The molecule has 20 heavy (non-hydrogen) atoms. The van der Waals surface area contributed by atoms with Gasteiger partial charge in [-0.2, -0.15) is 0 Å². The van der Waals surface area contributed by atoms with E-state index in [0.717, 1.165) is 0 Å². The van der Waals surface area contributed by atoms with Crippen LogP contribution in [0.1, 0.15) is 6.23 Å². The second-order valence-corrected chi connectivity index (χ2v) is 5.62. The van der Waals surface area contributed by atoms with Crippen molar-refractivity contribution < 1.29 is 14.9 Å². The molecular weight excluding hydrogens is 333 g/mol. The van der Waals surface area contributed by atoms with Crippen LogP contribution in [0.3, 0.4) is 0 Å². The number of hydrogen-bond donors (Lipinski definition) is 4. The molecule has 0 spiro atoms. The van der Waals surface area contributed by atoms with Gasteiger partial charge in [0.25, 0.3) is 0 Å². The second-order valence-electron chi connectivity index (χ2n) is 4.48. The minimum absolute atomic E-state index is 0.0295. The van der Waals surface area contributed by atoms with Gasteiger partial charge in [0, 0.05) is 0 Å². The number of imidazole rings is 1. The van der Waals surface area contributed by atoms with Crippen molar-refractivity contribution in [2.75, 3.05) is 12.3 Å². The number of nitrogens with one attached hydrogen (secondary N) is 1. The van der Waals surface area contributed by atoms with Crippen molar-refractivity contribution >= 4 is 33.1 Å². The summed E-state index contributed by atoms with van der Waals surface area (Å²) in [6.45, 7) is -0.307. The van der Waals surface area contributed by atoms with Crippen LogP contribution >= 0.6 is 0 Å². The summed E-state index contributed by atoms with van der Waals surface area (Å²) in [7, 11) is 0. The number of anilines is 1. The Morgan fingerprint density at radius 3 is 3.00 bits per heavy atom. The van der Waals surface area contributed by atoms with Gasteiger partial charge in [0.2, 0.25) is 0 Å². The Kier molecular flexibility index (Phi) is 3.27. The summed E-state index contributed by atoms with van der Waals surface area (Å²) in [5, 5.41) is 19.1. The van der Waals surface area contributed by atoms with Gasteiger partial charge in [0.05, 0.1) is 0 Å². The van der Waals surface area contributed by atoms with E-state index >= 15 is 0 Å². The third-order valence-corrected chi connectivity index (χ3v) is 4.29. The molecule has 2 aromatic heterocycles. The minimum atomic E-state index is -0.859. The van der Waals surface area contributed by atoms with Crippen molar-refractivity contribution in [3.63, 3.8) is 0 Å². The van der Waals surface area contributed by atoms with Crippen LogP contribution < -0.4 is 11.3 Å². The van der Waals surface area contributed by atoms with Gasteiger partial charge in [-0.05, 0) is 0 Å². The molecule has 107 valence electrons. The molecule has 1 aliphatic rings. The number of rotatable bonds is 2. The van der Waals surface area contributed by atoms with Gasteiger partial charge in [-0.3, -0.25) is 0 Å². The van der Waals surface area contributed by atoms with Gasteiger partial charge in [-0.1, -0.05) is 0 Å². The SMILES string of the molecule is Nc1nc2c(ncn2[C@@H]2O[C@H](CO)[C@@H](O)[C@H]2[Se])c(=O)[nH]1. The van der Waals surface area contributed by atoms with Crippen molar-refractivity contribution in [3.05, 3.63) is 16.7 Å². The van der Waals surface area contributed by atoms with Crippen LogP contribution in [0.25, 0.3) is 11.2 Å². The zero-order valence-corrected chi connectivity index (χ0v) is 11.8. The Balaban J connectivity index is 2.09. The number of aromatic nitrogens is 4. The quantitative estimate of drug-likeness (QED) is 0.458. The molecule has 3 rings (SSSR count). The molecule has 0 unspecified atom stereocenters. The summed E-state index contributed by atoms with van der Waals surface area (Å²) < 4.78 is 7.08. The number of hydrogen-bond acceptors (Lipinski definition) is 7. The summed E-state index contributed by atoms with van der Waals surface area (Å²) in [6.07, 6.45) is -0.793. The van der Waals surface area contributed by atoms with Crippen LogP contribution in [-0.4, -0.2) is 64.6 Å². The van der Waals surface area contributed by atoms with Crippen molar-refractivity contribution in [1.82, 2.24) is 19.5 Å². The van der Waals surface area contributed by atoms with Gasteiger partial charge in [0.15, 0.2) is 0 Å². The summed E-state index contributed by atoms with van der Waals surface area (Å²) in [5.74, 6) is -0.0295. The Morgan fingerprint density at radius 2 is 2.35 bits per heavy atom. The van der Waals surface area contributed by atoms with Crippen LogP contribution in [0.4, 0.5) is 5.95 Å².